The molecule has 2 heteroatoms. The Labute approximate surface area is 56.6 Å². The Morgan fingerprint density at radius 1 is 1.86 bits per heavy atom. The van der Waals surface area contributed by atoms with Crippen molar-refractivity contribution in [2.24, 2.45) is 0 Å². The molecule has 0 heterocycles. The number of halogens is 1. The van der Waals surface area contributed by atoms with Crippen molar-refractivity contribution in [1.29, 1.82) is 0 Å². The van der Waals surface area contributed by atoms with Crippen molar-refractivity contribution in [3.63, 3.8) is 0 Å². The van der Waals surface area contributed by atoms with Gasteiger partial charge in [-0.25, -0.2) is 0 Å². The number of rotatable bonds is 0. The lowest BCUT2D eigenvalue weighted by molar-refractivity contribution is 0.221. The van der Waals surface area contributed by atoms with Crippen LogP contribution >= 0.6 is 22.6 Å². The van der Waals surface area contributed by atoms with E-state index in [0.29, 0.717) is 0 Å². The summed E-state index contributed by atoms with van der Waals surface area (Å²) in [6.07, 6.45) is 3.92. The molecule has 0 spiro atoms. The molecule has 1 atom stereocenters. The monoisotopic (exact) mass is 210 g/mol. The Morgan fingerprint density at radius 3 is 2.71 bits per heavy atom. The average molecular weight is 210 g/mol. The SMILES string of the molecule is O[C@@H]1CCC=C1I. The topological polar surface area (TPSA) is 20.2 Å². The van der Waals surface area contributed by atoms with Crippen molar-refractivity contribution in [2.45, 2.75) is 18.9 Å². The molecule has 0 saturated heterocycles. The van der Waals surface area contributed by atoms with Crippen molar-refractivity contribution in [1.82, 2.24) is 0 Å². The molecule has 0 aromatic rings. The number of hydrogen-bond donors (Lipinski definition) is 1. The van der Waals surface area contributed by atoms with Crippen LogP contribution in [0.1, 0.15) is 12.8 Å². The van der Waals surface area contributed by atoms with Crippen LogP contribution in [0, 0.1) is 0 Å². The van der Waals surface area contributed by atoms with Crippen LogP contribution in [0.25, 0.3) is 0 Å². The average Bonchev–Trinajstić information content (AvgIpc) is 1.91. The van der Waals surface area contributed by atoms with E-state index in [0.717, 1.165) is 16.4 Å². The summed E-state index contributed by atoms with van der Waals surface area (Å²) in [6.45, 7) is 0. The fourth-order valence-electron chi connectivity index (χ4n) is 0.653. The van der Waals surface area contributed by atoms with Crippen molar-refractivity contribution in [3.8, 4) is 0 Å². The van der Waals surface area contributed by atoms with Crippen LogP contribution in [-0.2, 0) is 0 Å². The highest BCUT2D eigenvalue weighted by Gasteiger charge is 2.11. The molecule has 1 aliphatic rings. The largest absolute Gasteiger partial charge is 0.388 e. The zero-order valence-electron chi connectivity index (χ0n) is 3.89. The van der Waals surface area contributed by atoms with Gasteiger partial charge in [-0.2, -0.15) is 0 Å². The van der Waals surface area contributed by atoms with Gasteiger partial charge in [0.25, 0.3) is 0 Å². The second-order valence-electron chi connectivity index (χ2n) is 1.68. The standard InChI is InChI=1S/C5H7IO/c6-4-2-1-3-5(4)7/h2,5,7H,1,3H2/t5-/m1/s1. The van der Waals surface area contributed by atoms with E-state index in [4.69, 9.17) is 5.11 Å². The first-order valence-electron chi connectivity index (χ1n) is 2.34. The quantitative estimate of drug-likeness (QED) is 0.600. The van der Waals surface area contributed by atoms with Crippen LogP contribution < -0.4 is 0 Å². The fourth-order valence-corrected chi connectivity index (χ4v) is 1.28. The molecular formula is C5H7IO. The fraction of sp³-hybridized carbons (Fsp3) is 0.600. The van der Waals surface area contributed by atoms with Gasteiger partial charge < -0.3 is 5.11 Å². The summed E-state index contributed by atoms with van der Waals surface area (Å²) in [4.78, 5) is 0. The van der Waals surface area contributed by atoms with E-state index in [-0.39, 0.29) is 6.10 Å². The first kappa shape index (κ1) is 5.56. The minimum Gasteiger partial charge on any atom is -0.388 e. The highest BCUT2D eigenvalue weighted by atomic mass is 127. The highest BCUT2D eigenvalue weighted by molar-refractivity contribution is 14.1. The summed E-state index contributed by atoms with van der Waals surface area (Å²) >= 11 is 2.17. The van der Waals surface area contributed by atoms with Crippen LogP contribution in [0.3, 0.4) is 0 Å². The molecule has 1 rings (SSSR count). The van der Waals surface area contributed by atoms with E-state index in [1.807, 2.05) is 0 Å². The second kappa shape index (κ2) is 2.13. The molecule has 7 heavy (non-hydrogen) atoms. The second-order valence-corrected chi connectivity index (χ2v) is 2.93. The molecule has 0 amide bonds. The van der Waals surface area contributed by atoms with Crippen LogP contribution in [0.2, 0.25) is 0 Å². The van der Waals surface area contributed by atoms with Crippen molar-refractivity contribution >= 4 is 22.6 Å². The van der Waals surface area contributed by atoms with E-state index >= 15 is 0 Å². The Kier molecular flexibility index (Phi) is 1.69. The zero-order chi connectivity index (χ0) is 5.28. The Balaban J connectivity index is 2.54. The highest BCUT2D eigenvalue weighted by Crippen LogP contribution is 2.23. The lowest BCUT2D eigenvalue weighted by Gasteiger charge is -1.96. The maximum absolute atomic E-state index is 8.92. The van der Waals surface area contributed by atoms with E-state index in [9.17, 15) is 0 Å². The lowest BCUT2D eigenvalue weighted by Crippen LogP contribution is -1.97. The van der Waals surface area contributed by atoms with Gasteiger partial charge in [-0.05, 0) is 35.4 Å². The van der Waals surface area contributed by atoms with E-state index < -0.39 is 0 Å². The van der Waals surface area contributed by atoms with Gasteiger partial charge in [0.1, 0.15) is 0 Å². The molecule has 40 valence electrons. The Bertz CT molecular complexity index is 98.3. The summed E-state index contributed by atoms with van der Waals surface area (Å²) in [5.41, 5.74) is 0. The van der Waals surface area contributed by atoms with Crippen LogP contribution in [0.4, 0.5) is 0 Å². The minimum absolute atomic E-state index is 0.138. The van der Waals surface area contributed by atoms with Gasteiger partial charge in [0.15, 0.2) is 0 Å². The molecule has 0 radical (unpaired) electrons. The lowest BCUT2D eigenvalue weighted by atomic mass is 10.3. The van der Waals surface area contributed by atoms with Crippen molar-refractivity contribution < 1.29 is 5.11 Å². The molecule has 1 nitrogen and oxygen atoms in total. The first-order valence-corrected chi connectivity index (χ1v) is 3.42. The summed E-state index contributed by atoms with van der Waals surface area (Å²) in [6, 6.07) is 0. The maximum atomic E-state index is 8.92. The van der Waals surface area contributed by atoms with Gasteiger partial charge in [0.2, 0.25) is 0 Å². The van der Waals surface area contributed by atoms with Gasteiger partial charge in [0.05, 0.1) is 6.10 Å². The van der Waals surface area contributed by atoms with Crippen molar-refractivity contribution in [3.05, 3.63) is 9.66 Å². The summed E-state index contributed by atoms with van der Waals surface area (Å²) in [5.74, 6) is 0. The predicted molar refractivity (Wildman–Crippen MR) is 37.3 cm³/mol. The van der Waals surface area contributed by atoms with Crippen LogP contribution in [-0.4, -0.2) is 11.2 Å². The molecule has 0 bridgehead atoms. The van der Waals surface area contributed by atoms with E-state index in [2.05, 4.69) is 28.7 Å². The number of aliphatic hydroxyl groups excluding tert-OH is 1. The third-order valence-corrected chi connectivity index (χ3v) is 2.26. The smallest absolute Gasteiger partial charge is 0.0846 e. The number of aliphatic hydroxyl groups is 1. The van der Waals surface area contributed by atoms with Gasteiger partial charge in [-0.3, -0.25) is 0 Å². The zero-order valence-corrected chi connectivity index (χ0v) is 6.05. The molecule has 0 aromatic carbocycles. The number of hydrogen-bond acceptors (Lipinski definition) is 1. The third-order valence-electron chi connectivity index (χ3n) is 1.10. The van der Waals surface area contributed by atoms with Gasteiger partial charge in [-0.15, -0.1) is 0 Å². The van der Waals surface area contributed by atoms with E-state index in [1.54, 1.807) is 0 Å². The predicted octanol–water partition coefficient (Wildman–Crippen LogP) is 1.46. The van der Waals surface area contributed by atoms with Gasteiger partial charge in [-0.1, -0.05) is 6.08 Å². The molecule has 0 aliphatic heterocycles. The maximum Gasteiger partial charge on any atom is 0.0846 e. The molecule has 0 fully saturated rings. The Morgan fingerprint density at radius 2 is 2.57 bits per heavy atom. The van der Waals surface area contributed by atoms with E-state index in [1.165, 1.54) is 0 Å². The minimum atomic E-state index is -0.138. The molecule has 0 saturated carbocycles. The number of allylic oxidation sites excluding steroid dienone is 1. The molecule has 0 aromatic heterocycles. The first-order chi connectivity index (χ1) is 3.30. The third kappa shape index (κ3) is 1.16. The summed E-state index contributed by atoms with van der Waals surface area (Å²) in [5, 5.41) is 8.92. The van der Waals surface area contributed by atoms with Crippen LogP contribution in [0.5, 0.6) is 0 Å². The van der Waals surface area contributed by atoms with Crippen LogP contribution in [0.15, 0.2) is 9.66 Å². The molecular weight excluding hydrogens is 203 g/mol. The van der Waals surface area contributed by atoms with Crippen molar-refractivity contribution in [2.75, 3.05) is 0 Å². The molecule has 1 N–H and O–H groups in total. The molecule has 0 unspecified atom stereocenters. The summed E-state index contributed by atoms with van der Waals surface area (Å²) < 4.78 is 1.11. The normalized spacial score (nSPS) is 30.6. The summed E-state index contributed by atoms with van der Waals surface area (Å²) in [7, 11) is 0. The molecule has 1 aliphatic carbocycles. The van der Waals surface area contributed by atoms with Gasteiger partial charge >= 0.3 is 0 Å². The Hall–Kier alpha value is 0.430. The van der Waals surface area contributed by atoms with Gasteiger partial charge in [0, 0.05) is 3.58 Å².